The summed E-state index contributed by atoms with van der Waals surface area (Å²) in [5, 5.41) is 1.90. The Morgan fingerprint density at radius 1 is 0.957 bits per heavy atom. The molecule has 0 fully saturated rings. The van der Waals surface area contributed by atoms with Gasteiger partial charge in [-0.2, -0.15) is 0 Å². The molecule has 0 aliphatic carbocycles. The summed E-state index contributed by atoms with van der Waals surface area (Å²) in [7, 11) is 1.49. The van der Waals surface area contributed by atoms with Crippen molar-refractivity contribution in [3.05, 3.63) is 65.7 Å². The van der Waals surface area contributed by atoms with E-state index in [4.69, 9.17) is 9.47 Å². The Morgan fingerprint density at radius 3 is 2.22 bits per heavy atom. The second-order valence-corrected chi connectivity index (χ2v) is 4.57. The average Bonchev–Trinajstić information content (AvgIpc) is 2.60. The van der Waals surface area contributed by atoms with Gasteiger partial charge in [-0.25, -0.2) is 4.79 Å². The van der Waals surface area contributed by atoms with E-state index in [1.165, 1.54) is 19.2 Å². The zero-order valence-corrected chi connectivity index (χ0v) is 12.4. The minimum absolute atomic E-state index is 0.0106. The highest BCUT2D eigenvalue weighted by molar-refractivity contribution is 6.44. The van der Waals surface area contributed by atoms with E-state index in [1.807, 2.05) is 11.4 Å². The number of rotatable bonds is 5. The number of carbonyl (C=O) groups is 3. The van der Waals surface area contributed by atoms with E-state index in [-0.39, 0.29) is 12.2 Å². The fraction of sp³-hybridized carbons (Fsp3) is 0.118. The van der Waals surface area contributed by atoms with Gasteiger partial charge in [0.25, 0.3) is 5.78 Å². The van der Waals surface area contributed by atoms with Crippen LogP contribution in [-0.4, -0.2) is 24.9 Å². The third-order valence-electron chi connectivity index (χ3n) is 2.99. The van der Waals surface area contributed by atoms with Crippen LogP contribution in [0.1, 0.15) is 15.9 Å². The summed E-state index contributed by atoms with van der Waals surface area (Å²) < 4.78 is 9.84. The van der Waals surface area contributed by atoms with Crippen molar-refractivity contribution in [1.82, 2.24) is 5.32 Å². The normalized spacial score (nSPS) is 9.78. The largest absolute Gasteiger partial charge is 0.497 e. The highest BCUT2D eigenvalue weighted by Gasteiger charge is 2.19. The number of benzene rings is 2. The molecule has 0 unspecified atom stereocenters. The van der Waals surface area contributed by atoms with Gasteiger partial charge in [-0.3, -0.25) is 14.9 Å². The highest BCUT2D eigenvalue weighted by Crippen LogP contribution is 2.11. The molecule has 118 valence electrons. The van der Waals surface area contributed by atoms with E-state index in [0.29, 0.717) is 5.75 Å². The van der Waals surface area contributed by atoms with Crippen LogP contribution in [0.15, 0.2) is 54.6 Å². The minimum Gasteiger partial charge on any atom is -0.497 e. The second-order valence-electron chi connectivity index (χ2n) is 4.57. The van der Waals surface area contributed by atoms with Crippen molar-refractivity contribution < 1.29 is 23.9 Å². The second kappa shape index (κ2) is 7.74. The van der Waals surface area contributed by atoms with Gasteiger partial charge in [0.1, 0.15) is 12.4 Å². The summed E-state index contributed by atoms with van der Waals surface area (Å²) in [5.74, 6) is -1.32. The fourth-order valence-electron chi connectivity index (χ4n) is 1.78. The van der Waals surface area contributed by atoms with Crippen LogP contribution in [0, 0.1) is 0 Å². The molecule has 0 aliphatic heterocycles. The number of ether oxygens (including phenoxy) is 2. The first-order chi connectivity index (χ1) is 11.1. The van der Waals surface area contributed by atoms with Crippen LogP contribution in [0.4, 0.5) is 4.79 Å². The van der Waals surface area contributed by atoms with Gasteiger partial charge >= 0.3 is 12.0 Å². The lowest BCUT2D eigenvalue weighted by atomic mass is 10.1. The summed E-state index contributed by atoms with van der Waals surface area (Å²) in [4.78, 5) is 35.2. The summed E-state index contributed by atoms with van der Waals surface area (Å²) in [5.41, 5.74) is 0.927. The summed E-state index contributed by atoms with van der Waals surface area (Å²) >= 11 is 0. The maximum absolute atomic E-state index is 11.9. The predicted molar refractivity (Wildman–Crippen MR) is 82.1 cm³/mol. The summed E-state index contributed by atoms with van der Waals surface area (Å²) in [6.45, 7) is 0.0106. The molecular weight excluding hydrogens is 298 g/mol. The van der Waals surface area contributed by atoms with Crippen molar-refractivity contribution in [1.29, 1.82) is 0 Å². The van der Waals surface area contributed by atoms with E-state index < -0.39 is 17.8 Å². The maximum Gasteiger partial charge on any atom is 0.414 e. The van der Waals surface area contributed by atoms with Gasteiger partial charge in [-0.1, -0.05) is 30.3 Å². The molecular formula is C17H15NO5. The molecule has 2 amide bonds. The quantitative estimate of drug-likeness (QED) is 0.677. The number of carbonyl (C=O) groups excluding carboxylic acids is 3. The third-order valence-corrected chi connectivity index (χ3v) is 2.99. The van der Waals surface area contributed by atoms with Crippen LogP contribution in [-0.2, 0) is 16.1 Å². The standard InChI is InChI=1S/C17H15NO5/c1-22-14-9-7-13(8-10-14)15(19)16(20)18-17(21)23-11-12-5-3-2-4-6-12/h2-10H,11H2,1H3,(H,18,20,21). The summed E-state index contributed by atoms with van der Waals surface area (Å²) in [6.07, 6.45) is -0.972. The smallest absolute Gasteiger partial charge is 0.414 e. The molecule has 6 heteroatoms. The minimum atomic E-state index is -1.05. The van der Waals surface area contributed by atoms with Crippen molar-refractivity contribution in [3.8, 4) is 5.75 Å². The average molecular weight is 313 g/mol. The zero-order chi connectivity index (χ0) is 16.7. The molecule has 6 nitrogen and oxygen atoms in total. The molecule has 0 saturated carbocycles. The van der Waals surface area contributed by atoms with Crippen molar-refractivity contribution in [3.63, 3.8) is 0 Å². The molecule has 0 aromatic heterocycles. The van der Waals surface area contributed by atoms with Crippen LogP contribution in [0.3, 0.4) is 0 Å². The lowest BCUT2D eigenvalue weighted by Gasteiger charge is -2.06. The van der Waals surface area contributed by atoms with Crippen molar-refractivity contribution >= 4 is 17.8 Å². The van der Waals surface area contributed by atoms with E-state index in [9.17, 15) is 14.4 Å². The lowest BCUT2D eigenvalue weighted by molar-refractivity contribution is -0.116. The summed E-state index contributed by atoms with van der Waals surface area (Å²) in [6, 6.07) is 15.0. The number of amides is 2. The van der Waals surface area contributed by atoms with Gasteiger partial charge in [0, 0.05) is 5.56 Å². The number of hydrogen-bond acceptors (Lipinski definition) is 5. The number of alkyl carbamates (subject to hydrolysis) is 1. The molecule has 0 radical (unpaired) electrons. The van der Waals surface area contributed by atoms with E-state index in [0.717, 1.165) is 5.56 Å². The molecule has 0 heterocycles. The first kappa shape index (κ1) is 16.2. The molecule has 0 aliphatic rings. The Hall–Kier alpha value is -3.15. The zero-order valence-electron chi connectivity index (χ0n) is 12.4. The fourth-order valence-corrected chi connectivity index (χ4v) is 1.78. The molecule has 0 spiro atoms. The van der Waals surface area contributed by atoms with E-state index in [1.54, 1.807) is 36.4 Å². The predicted octanol–water partition coefficient (Wildman–Crippen LogP) is 2.33. The number of methoxy groups -OCH3 is 1. The van der Waals surface area contributed by atoms with Crippen molar-refractivity contribution in [2.45, 2.75) is 6.61 Å². The lowest BCUT2D eigenvalue weighted by Crippen LogP contribution is -2.36. The number of imide groups is 1. The number of nitrogens with one attached hydrogen (secondary N) is 1. The Morgan fingerprint density at radius 2 is 1.61 bits per heavy atom. The Balaban J connectivity index is 1.87. The molecule has 0 saturated heterocycles. The molecule has 1 N–H and O–H groups in total. The van der Waals surface area contributed by atoms with Gasteiger partial charge in [0.05, 0.1) is 7.11 Å². The van der Waals surface area contributed by atoms with Gasteiger partial charge in [-0.15, -0.1) is 0 Å². The third kappa shape index (κ3) is 4.67. The first-order valence-electron chi connectivity index (χ1n) is 6.80. The number of hydrogen-bond donors (Lipinski definition) is 1. The molecule has 2 aromatic rings. The van der Waals surface area contributed by atoms with Crippen LogP contribution in [0.5, 0.6) is 5.75 Å². The monoisotopic (exact) mass is 313 g/mol. The SMILES string of the molecule is COc1ccc(C(=O)C(=O)NC(=O)OCc2ccccc2)cc1. The van der Waals surface area contributed by atoms with Crippen LogP contribution in [0.2, 0.25) is 0 Å². The van der Waals surface area contributed by atoms with E-state index >= 15 is 0 Å². The Bertz CT molecular complexity index is 695. The van der Waals surface area contributed by atoms with Gasteiger partial charge in [0.15, 0.2) is 0 Å². The molecule has 2 aromatic carbocycles. The molecule has 2 rings (SSSR count). The highest BCUT2D eigenvalue weighted by atomic mass is 16.5. The Kier molecular flexibility index (Phi) is 5.46. The van der Waals surface area contributed by atoms with Crippen LogP contribution in [0.25, 0.3) is 0 Å². The van der Waals surface area contributed by atoms with Crippen LogP contribution >= 0.6 is 0 Å². The number of Topliss-reactive ketones (excluding diaryl/α,β-unsaturated/α-hetero) is 1. The van der Waals surface area contributed by atoms with Crippen molar-refractivity contribution in [2.24, 2.45) is 0 Å². The molecule has 23 heavy (non-hydrogen) atoms. The maximum atomic E-state index is 11.9. The topological polar surface area (TPSA) is 81.7 Å². The van der Waals surface area contributed by atoms with Crippen molar-refractivity contribution in [2.75, 3.05) is 7.11 Å². The van der Waals surface area contributed by atoms with Gasteiger partial charge in [0.2, 0.25) is 0 Å². The Labute approximate surface area is 133 Å². The number of ketones is 1. The first-order valence-corrected chi connectivity index (χ1v) is 6.80. The van der Waals surface area contributed by atoms with Gasteiger partial charge in [-0.05, 0) is 29.8 Å². The van der Waals surface area contributed by atoms with E-state index in [2.05, 4.69) is 0 Å². The molecule has 0 atom stereocenters. The van der Waals surface area contributed by atoms with Crippen LogP contribution < -0.4 is 10.1 Å². The van der Waals surface area contributed by atoms with Gasteiger partial charge < -0.3 is 9.47 Å². The molecule has 0 bridgehead atoms.